The molecule has 0 atom stereocenters. The Kier molecular flexibility index (Phi) is 6.56. The molecule has 41 heavy (non-hydrogen) atoms. The van der Waals surface area contributed by atoms with Gasteiger partial charge in [0.25, 0.3) is 5.91 Å². The number of hydrogen-bond donors (Lipinski definition) is 1. The molecule has 12 heteroatoms. The number of piperazine rings is 1. The van der Waals surface area contributed by atoms with E-state index in [4.69, 9.17) is 0 Å². The highest BCUT2D eigenvalue weighted by Gasteiger charge is 2.26. The Balaban J connectivity index is 1.07. The van der Waals surface area contributed by atoms with Gasteiger partial charge in [-0.1, -0.05) is 12.1 Å². The van der Waals surface area contributed by atoms with Gasteiger partial charge in [0.05, 0.1) is 36.1 Å². The van der Waals surface area contributed by atoms with Crippen LogP contribution in [0, 0.1) is 6.92 Å². The summed E-state index contributed by atoms with van der Waals surface area (Å²) in [5.74, 6) is 0.326. The van der Waals surface area contributed by atoms with E-state index in [1.807, 2.05) is 54.3 Å². The average molecular weight is 552 g/mol. The lowest BCUT2D eigenvalue weighted by molar-refractivity contribution is 0.102. The van der Waals surface area contributed by atoms with E-state index in [9.17, 15) is 4.79 Å². The molecule has 0 spiro atoms. The Labute approximate surface area is 237 Å². The number of carbonyl (C=O) groups excluding carboxylic acids is 1. The summed E-state index contributed by atoms with van der Waals surface area (Å²) in [7, 11) is 2.17. The molecule has 2 fully saturated rings. The number of aromatic nitrogens is 8. The van der Waals surface area contributed by atoms with Crippen LogP contribution in [0.4, 0.5) is 5.69 Å². The number of hydrogen-bond acceptors (Lipinski definition) is 8. The van der Waals surface area contributed by atoms with Gasteiger partial charge < -0.3 is 10.2 Å². The molecule has 5 heterocycles. The van der Waals surface area contributed by atoms with Crippen molar-refractivity contribution in [2.45, 2.75) is 32.4 Å². The highest BCUT2D eigenvalue weighted by Crippen LogP contribution is 2.33. The van der Waals surface area contributed by atoms with Gasteiger partial charge in [0, 0.05) is 61.9 Å². The first kappa shape index (κ1) is 25.5. The second kappa shape index (κ2) is 10.5. The minimum Gasteiger partial charge on any atom is -0.322 e. The number of carbonyl (C=O) groups is 1. The Morgan fingerprint density at radius 2 is 1.83 bits per heavy atom. The molecule has 1 amide bonds. The lowest BCUT2D eigenvalue weighted by Gasteiger charge is -2.32. The van der Waals surface area contributed by atoms with E-state index in [1.54, 1.807) is 15.5 Å². The van der Waals surface area contributed by atoms with E-state index in [0.29, 0.717) is 23.1 Å². The number of aryl methyl sites for hydroxylation is 1. The monoisotopic (exact) mass is 551 g/mol. The predicted octanol–water partition coefficient (Wildman–Crippen LogP) is 2.99. The molecule has 1 aromatic carbocycles. The number of pyridine rings is 1. The van der Waals surface area contributed by atoms with Gasteiger partial charge in [-0.05, 0) is 61.4 Å². The van der Waals surface area contributed by atoms with Gasteiger partial charge in [-0.2, -0.15) is 15.0 Å². The van der Waals surface area contributed by atoms with Crippen molar-refractivity contribution in [1.82, 2.24) is 49.4 Å². The number of nitrogens with zero attached hydrogens (tertiary/aromatic N) is 10. The van der Waals surface area contributed by atoms with Crippen LogP contribution in [-0.2, 0) is 6.54 Å². The maximum absolute atomic E-state index is 13.5. The number of anilines is 1. The van der Waals surface area contributed by atoms with Crippen molar-refractivity contribution in [1.29, 1.82) is 0 Å². The molecule has 1 saturated heterocycles. The minimum absolute atomic E-state index is 0.227. The topological polar surface area (TPSA) is 114 Å². The van der Waals surface area contributed by atoms with Crippen LogP contribution in [-0.4, -0.2) is 95.1 Å². The molecule has 1 N–H and O–H groups in total. The van der Waals surface area contributed by atoms with Crippen LogP contribution in [0.2, 0.25) is 0 Å². The Hall–Kier alpha value is -4.42. The molecule has 1 saturated carbocycles. The highest BCUT2D eigenvalue weighted by molar-refractivity contribution is 6.09. The van der Waals surface area contributed by atoms with Gasteiger partial charge in [0.15, 0.2) is 0 Å². The first-order chi connectivity index (χ1) is 20.0. The Bertz CT molecular complexity index is 1700. The third-order valence-electron chi connectivity index (χ3n) is 8.02. The van der Waals surface area contributed by atoms with E-state index in [2.05, 4.69) is 54.0 Å². The van der Waals surface area contributed by atoms with Gasteiger partial charge in [-0.15, -0.1) is 10.2 Å². The van der Waals surface area contributed by atoms with Crippen LogP contribution in [0.3, 0.4) is 0 Å². The smallest absolute Gasteiger partial charge is 0.259 e. The van der Waals surface area contributed by atoms with E-state index in [1.165, 1.54) is 0 Å². The van der Waals surface area contributed by atoms with Gasteiger partial charge in [-0.3, -0.25) is 14.4 Å². The molecule has 1 aliphatic carbocycles. The summed E-state index contributed by atoms with van der Waals surface area (Å²) in [6.07, 6.45) is 9.62. The molecule has 210 valence electrons. The first-order valence-corrected chi connectivity index (χ1v) is 14.1. The summed E-state index contributed by atoms with van der Waals surface area (Å²) in [6.45, 7) is 8.19. The molecule has 0 radical (unpaired) electrons. The SMILES string of the molecule is Cc1ccc(-c2nnn(C3CC3)n2)cc1NC(=O)c1cnn2ccc(-c3cnn(CCN4CCN(C)CC4)c3)cc12. The van der Waals surface area contributed by atoms with Crippen LogP contribution < -0.4 is 5.32 Å². The fraction of sp³-hybridized carbons (Fsp3) is 0.379. The molecule has 0 bridgehead atoms. The van der Waals surface area contributed by atoms with Crippen LogP contribution in [0.1, 0.15) is 34.8 Å². The molecule has 1 aliphatic heterocycles. The Morgan fingerprint density at radius 3 is 2.66 bits per heavy atom. The number of rotatable bonds is 8. The molecule has 0 unspecified atom stereocenters. The van der Waals surface area contributed by atoms with Gasteiger partial charge in [-0.25, -0.2) is 4.52 Å². The molecule has 7 rings (SSSR count). The van der Waals surface area contributed by atoms with Crippen LogP contribution in [0.5, 0.6) is 0 Å². The number of amides is 1. The highest BCUT2D eigenvalue weighted by atomic mass is 16.1. The molecule has 12 nitrogen and oxygen atoms in total. The van der Waals surface area contributed by atoms with E-state index in [0.717, 1.165) is 79.9 Å². The van der Waals surface area contributed by atoms with Gasteiger partial charge in [0.1, 0.15) is 0 Å². The van der Waals surface area contributed by atoms with E-state index < -0.39 is 0 Å². The minimum atomic E-state index is -0.227. The van der Waals surface area contributed by atoms with Crippen molar-refractivity contribution in [3.8, 4) is 22.5 Å². The second-order valence-corrected chi connectivity index (χ2v) is 11.1. The number of likely N-dealkylation sites (N-methyl/N-ethyl adjacent to an activating group) is 1. The molecule has 2 aliphatic rings. The van der Waals surface area contributed by atoms with E-state index >= 15 is 0 Å². The zero-order valence-corrected chi connectivity index (χ0v) is 23.3. The molecule has 5 aromatic rings. The summed E-state index contributed by atoms with van der Waals surface area (Å²) >= 11 is 0. The van der Waals surface area contributed by atoms with Crippen molar-refractivity contribution in [3.63, 3.8) is 0 Å². The third-order valence-corrected chi connectivity index (χ3v) is 8.02. The van der Waals surface area contributed by atoms with E-state index in [-0.39, 0.29) is 5.91 Å². The Morgan fingerprint density at radius 1 is 0.976 bits per heavy atom. The van der Waals surface area contributed by atoms with Crippen molar-refractivity contribution < 1.29 is 4.79 Å². The quantitative estimate of drug-likeness (QED) is 0.313. The zero-order valence-electron chi connectivity index (χ0n) is 23.3. The van der Waals surface area contributed by atoms with Gasteiger partial charge in [0.2, 0.25) is 5.82 Å². The van der Waals surface area contributed by atoms with Crippen molar-refractivity contribution in [2.24, 2.45) is 0 Å². The largest absolute Gasteiger partial charge is 0.322 e. The maximum Gasteiger partial charge on any atom is 0.259 e. The van der Waals surface area contributed by atoms with Gasteiger partial charge >= 0.3 is 0 Å². The summed E-state index contributed by atoms with van der Waals surface area (Å²) < 4.78 is 3.72. The van der Waals surface area contributed by atoms with Crippen molar-refractivity contribution >= 4 is 17.1 Å². The maximum atomic E-state index is 13.5. The predicted molar refractivity (Wildman–Crippen MR) is 155 cm³/mol. The van der Waals surface area contributed by atoms with Crippen LogP contribution in [0.25, 0.3) is 28.0 Å². The number of fused-ring (bicyclic) bond motifs is 1. The van der Waals surface area contributed by atoms with Crippen LogP contribution >= 0.6 is 0 Å². The standard InChI is InChI=1S/C29H33N11O/c1-20-3-4-22(28-33-35-40(34-28)24-5-6-24)15-26(20)32-29(41)25-18-31-39-8-7-21(16-27(25)39)23-17-30-38(19-23)14-13-37-11-9-36(2)10-12-37/h3-4,7-8,15-19,24H,5-6,9-14H2,1-2H3,(H,32,41). The second-order valence-electron chi connectivity index (χ2n) is 11.1. The zero-order chi connectivity index (χ0) is 27.9. The molecule has 4 aromatic heterocycles. The lowest BCUT2D eigenvalue weighted by atomic mass is 10.1. The number of nitrogens with one attached hydrogen (secondary N) is 1. The summed E-state index contributed by atoms with van der Waals surface area (Å²) in [5, 5.41) is 25.0. The third kappa shape index (κ3) is 5.35. The molecular weight excluding hydrogens is 518 g/mol. The molecular formula is C29H33N11O. The normalized spacial score (nSPS) is 16.4. The summed E-state index contributed by atoms with van der Waals surface area (Å²) in [5.41, 5.74) is 5.68. The van der Waals surface area contributed by atoms with Crippen molar-refractivity contribution in [3.05, 3.63) is 66.2 Å². The van der Waals surface area contributed by atoms with Crippen LogP contribution in [0.15, 0.2) is 55.1 Å². The number of tetrazole rings is 1. The first-order valence-electron chi connectivity index (χ1n) is 14.1. The summed E-state index contributed by atoms with van der Waals surface area (Å²) in [4.78, 5) is 20.0. The average Bonchev–Trinajstić information content (AvgIpc) is 3.36. The van der Waals surface area contributed by atoms with Crippen molar-refractivity contribution in [2.75, 3.05) is 45.1 Å². The number of benzene rings is 1. The fourth-order valence-corrected chi connectivity index (χ4v) is 5.17. The summed E-state index contributed by atoms with van der Waals surface area (Å²) in [6, 6.07) is 10.2. The lowest BCUT2D eigenvalue weighted by Crippen LogP contribution is -2.45. The fourth-order valence-electron chi connectivity index (χ4n) is 5.17.